The van der Waals surface area contributed by atoms with Crippen LogP contribution in [0.2, 0.25) is 0 Å². The summed E-state index contributed by atoms with van der Waals surface area (Å²) in [4.78, 5) is 12.0. The second-order valence-corrected chi connectivity index (χ2v) is 6.67. The van der Waals surface area contributed by atoms with Crippen LogP contribution in [0, 0.1) is 27.7 Å². The molecule has 25 heavy (non-hydrogen) atoms. The summed E-state index contributed by atoms with van der Waals surface area (Å²) in [5.41, 5.74) is 4.33. The van der Waals surface area contributed by atoms with Crippen LogP contribution in [0.1, 0.15) is 47.1 Å². The first-order chi connectivity index (χ1) is 11.8. The fourth-order valence-corrected chi connectivity index (χ4v) is 2.95. The molecule has 0 heterocycles. The van der Waals surface area contributed by atoms with Gasteiger partial charge in [-0.15, -0.1) is 0 Å². The summed E-state index contributed by atoms with van der Waals surface area (Å²) < 4.78 is 5.35. The first-order valence-corrected chi connectivity index (χ1v) is 8.58. The maximum Gasteiger partial charge on any atom is 0.311 e. The van der Waals surface area contributed by atoms with E-state index in [9.17, 15) is 15.0 Å². The zero-order valence-corrected chi connectivity index (χ0v) is 15.3. The van der Waals surface area contributed by atoms with Crippen molar-refractivity contribution >= 4 is 5.97 Å². The van der Waals surface area contributed by atoms with Crippen LogP contribution in [0.4, 0.5) is 0 Å². The zero-order chi connectivity index (χ0) is 18.6. The Kier molecular flexibility index (Phi) is 6.07. The predicted octanol–water partition coefficient (Wildman–Crippen LogP) is 4.65. The number of carbonyl (C=O) groups is 1. The van der Waals surface area contributed by atoms with Crippen LogP contribution in [0.5, 0.6) is 17.2 Å². The lowest BCUT2D eigenvalue weighted by molar-refractivity contribution is -0.134. The van der Waals surface area contributed by atoms with Gasteiger partial charge in [0.25, 0.3) is 0 Å². The molecule has 2 N–H and O–H groups in total. The van der Waals surface area contributed by atoms with E-state index in [2.05, 4.69) is 0 Å². The number of aromatic hydroxyl groups is 2. The summed E-state index contributed by atoms with van der Waals surface area (Å²) in [6.45, 7) is 7.35. The Morgan fingerprint density at radius 3 is 1.84 bits per heavy atom. The summed E-state index contributed by atoms with van der Waals surface area (Å²) in [5, 5.41) is 19.5. The SMILES string of the molecule is Cc1cc(CCCCC(=O)Oc2cc(C)c(O)c(C)c2)cc(C)c1O. The van der Waals surface area contributed by atoms with Gasteiger partial charge in [0.15, 0.2) is 0 Å². The molecule has 0 amide bonds. The molecule has 2 rings (SSSR count). The monoisotopic (exact) mass is 342 g/mol. The maximum absolute atomic E-state index is 12.0. The molecule has 0 saturated carbocycles. The van der Waals surface area contributed by atoms with Crippen LogP contribution in [-0.2, 0) is 11.2 Å². The molecule has 0 spiro atoms. The Bertz CT molecular complexity index is 731. The van der Waals surface area contributed by atoms with Gasteiger partial charge in [-0.1, -0.05) is 12.1 Å². The van der Waals surface area contributed by atoms with E-state index >= 15 is 0 Å². The van der Waals surface area contributed by atoms with E-state index in [1.165, 1.54) is 5.56 Å². The zero-order valence-electron chi connectivity index (χ0n) is 15.3. The van der Waals surface area contributed by atoms with Gasteiger partial charge >= 0.3 is 5.97 Å². The maximum atomic E-state index is 12.0. The number of phenolic OH excluding ortho intramolecular Hbond substituents is 2. The van der Waals surface area contributed by atoms with Crippen LogP contribution < -0.4 is 4.74 Å². The Morgan fingerprint density at radius 2 is 1.32 bits per heavy atom. The number of unbranched alkanes of at least 4 members (excludes halogenated alkanes) is 1. The molecule has 0 unspecified atom stereocenters. The van der Waals surface area contributed by atoms with Gasteiger partial charge < -0.3 is 14.9 Å². The highest BCUT2D eigenvalue weighted by molar-refractivity contribution is 5.72. The third-order valence-electron chi connectivity index (χ3n) is 4.34. The van der Waals surface area contributed by atoms with E-state index < -0.39 is 0 Å². The third-order valence-corrected chi connectivity index (χ3v) is 4.34. The number of rotatable bonds is 6. The van der Waals surface area contributed by atoms with Crippen molar-refractivity contribution in [2.24, 2.45) is 0 Å². The van der Waals surface area contributed by atoms with E-state index in [0.29, 0.717) is 29.0 Å². The number of aryl methyl sites for hydroxylation is 5. The third kappa shape index (κ3) is 4.99. The van der Waals surface area contributed by atoms with Gasteiger partial charge in [0.2, 0.25) is 0 Å². The Hall–Kier alpha value is -2.49. The number of carbonyl (C=O) groups excluding carboxylic acids is 1. The topological polar surface area (TPSA) is 66.8 Å². The van der Waals surface area contributed by atoms with Crippen LogP contribution >= 0.6 is 0 Å². The Labute approximate surface area is 149 Å². The van der Waals surface area contributed by atoms with Crippen molar-refractivity contribution in [3.05, 3.63) is 52.1 Å². The van der Waals surface area contributed by atoms with Crippen LogP contribution in [0.3, 0.4) is 0 Å². The molecular formula is C21H26O4. The van der Waals surface area contributed by atoms with E-state index in [-0.39, 0.29) is 11.7 Å². The molecule has 0 radical (unpaired) electrons. The molecule has 2 aromatic rings. The molecule has 0 aliphatic rings. The minimum Gasteiger partial charge on any atom is -0.507 e. The Balaban J connectivity index is 1.81. The summed E-state index contributed by atoms with van der Waals surface area (Å²) in [6.07, 6.45) is 2.85. The number of phenols is 2. The fourth-order valence-electron chi connectivity index (χ4n) is 2.95. The van der Waals surface area contributed by atoms with Crippen molar-refractivity contribution in [3.8, 4) is 17.2 Å². The number of hydrogen-bond donors (Lipinski definition) is 2. The highest BCUT2D eigenvalue weighted by Crippen LogP contribution is 2.27. The number of benzene rings is 2. The van der Waals surface area contributed by atoms with Crippen molar-refractivity contribution < 1.29 is 19.7 Å². The van der Waals surface area contributed by atoms with E-state index in [4.69, 9.17) is 4.74 Å². The summed E-state index contributed by atoms with van der Waals surface area (Å²) in [7, 11) is 0. The lowest BCUT2D eigenvalue weighted by Gasteiger charge is -2.09. The van der Waals surface area contributed by atoms with Gasteiger partial charge in [-0.25, -0.2) is 0 Å². The van der Waals surface area contributed by atoms with E-state index in [1.807, 2.05) is 26.0 Å². The lowest BCUT2D eigenvalue weighted by Crippen LogP contribution is -2.08. The number of esters is 1. The summed E-state index contributed by atoms with van der Waals surface area (Å²) in [6, 6.07) is 7.32. The molecule has 0 fully saturated rings. The first kappa shape index (κ1) is 18.8. The van der Waals surface area contributed by atoms with Gasteiger partial charge in [-0.05, 0) is 86.9 Å². The lowest BCUT2D eigenvalue weighted by atomic mass is 10.0. The molecule has 0 bridgehead atoms. The molecule has 2 aromatic carbocycles. The highest BCUT2D eigenvalue weighted by Gasteiger charge is 2.09. The average molecular weight is 342 g/mol. The smallest absolute Gasteiger partial charge is 0.311 e. The molecule has 0 atom stereocenters. The quantitative estimate of drug-likeness (QED) is 0.455. The van der Waals surface area contributed by atoms with Crippen LogP contribution in [0.15, 0.2) is 24.3 Å². The van der Waals surface area contributed by atoms with Gasteiger partial charge in [0, 0.05) is 6.42 Å². The van der Waals surface area contributed by atoms with E-state index in [1.54, 1.807) is 26.0 Å². The summed E-state index contributed by atoms with van der Waals surface area (Å²) >= 11 is 0. The van der Waals surface area contributed by atoms with Crippen LogP contribution in [-0.4, -0.2) is 16.2 Å². The van der Waals surface area contributed by atoms with E-state index in [0.717, 1.165) is 30.4 Å². The van der Waals surface area contributed by atoms with Crippen molar-refractivity contribution in [2.45, 2.75) is 53.4 Å². The van der Waals surface area contributed by atoms with Gasteiger partial charge in [-0.3, -0.25) is 4.79 Å². The standard InChI is InChI=1S/C21H26O4/c1-13-9-17(10-14(2)20(13)23)7-5-6-8-19(22)25-18-11-15(3)21(24)16(4)12-18/h9-12,23-24H,5-8H2,1-4H3. The molecule has 0 saturated heterocycles. The molecule has 0 aromatic heterocycles. The minimum absolute atomic E-state index is 0.235. The molecule has 4 nitrogen and oxygen atoms in total. The second kappa shape index (κ2) is 8.06. The highest BCUT2D eigenvalue weighted by atomic mass is 16.5. The van der Waals surface area contributed by atoms with Crippen LogP contribution in [0.25, 0.3) is 0 Å². The second-order valence-electron chi connectivity index (χ2n) is 6.67. The van der Waals surface area contributed by atoms with Crippen molar-refractivity contribution in [1.82, 2.24) is 0 Å². The summed E-state index contributed by atoms with van der Waals surface area (Å²) in [5.74, 6) is 0.802. The van der Waals surface area contributed by atoms with Gasteiger partial charge in [-0.2, -0.15) is 0 Å². The average Bonchev–Trinajstić information content (AvgIpc) is 2.54. The normalized spacial score (nSPS) is 10.7. The largest absolute Gasteiger partial charge is 0.507 e. The molecule has 134 valence electrons. The molecular weight excluding hydrogens is 316 g/mol. The molecule has 4 heteroatoms. The van der Waals surface area contributed by atoms with Gasteiger partial charge in [0.1, 0.15) is 17.2 Å². The number of hydrogen-bond acceptors (Lipinski definition) is 4. The predicted molar refractivity (Wildman–Crippen MR) is 98.4 cm³/mol. The Morgan fingerprint density at radius 1 is 0.840 bits per heavy atom. The molecule has 0 aliphatic heterocycles. The van der Waals surface area contributed by atoms with Crippen molar-refractivity contribution in [3.63, 3.8) is 0 Å². The fraction of sp³-hybridized carbons (Fsp3) is 0.381. The van der Waals surface area contributed by atoms with Crippen molar-refractivity contribution in [2.75, 3.05) is 0 Å². The molecule has 0 aliphatic carbocycles. The van der Waals surface area contributed by atoms with Gasteiger partial charge in [0.05, 0.1) is 0 Å². The number of ether oxygens (including phenoxy) is 1. The van der Waals surface area contributed by atoms with Crippen molar-refractivity contribution in [1.29, 1.82) is 0 Å². The minimum atomic E-state index is -0.262. The first-order valence-electron chi connectivity index (χ1n) is 8.58.